The number of benzene rings is 1. The van der Waals surface area contributed by atoms with Crippen LogP contribution in [-0.2, 0) is 16.1 Å². The number of likely N-dealkylation sites (tertiary alicyclic amines) is 1. The van der Waals surface area contributed by atoms with Crippen LogP contribution in [0.1, 0.15) is 25.2 Å². The minimum atomic E-state index is -0.262. The van der Waals surface area contributed by atoms with Crippen molar-refractivity contribution in [2.24, 2.45) is 5.92 Å². The van der Waals surface area contributed by atoms with Crippen LogP contribution in [0.5, 0.6) is 0 Å². The third-order valence-corrected chi connectivity index (χ3v) is 4.54. The molecule has 4 rings (SSSR count). The van der Waals surface area contributed by atoms with Crippen molar-refractivity contribution in [3.05, 3.63) is 42.4 Å². The number of nitrogens with zero attached hydrogens (tertiary/aromatic N) is 2. The molecule has 1 aromatic heterocycles. The largest absolute Gasteiger partial charge is 0.439 e. The van der Waals surface area contributed by atoms with Crippen LogP contribution < -0.4 is 5.32 Å². The minimum Gasteiger partial charge on any atom is -0.439 e. The van der Waals surface area contributed by atoms with Crippen molar-refractivity contribution in [3.8, 4) is 11.3 Å². The monoisotopic (exact) mass is 325 g/mol. The predicted molar refractivity (Wildman–Crippen MR) is 86.6 cm³/mol. The predicted octanol–water partition coefficient (Wildman–Crippen LogP) is 1.97. The number of amides is 2. The second-order valence-electron chi connectivity index (χ2n) is 6.38. The van der Waals surface area contributed by atoms with Gasteiger partial charge in [-0.25, -0.2) is 4.98 Å². The fourth-order valence-corrected chi connectivity index (χ4v) is 3.08. The number of hydrogen-bond donors (Lipinski definition) is 1. The smallest absolute Gasteiger partial charge is 0.225 e. The average molecular weight is 325 g/mol. The average Bonchev–Trinajstić information content (AvgIpc) is 3.20. The first-order chi connectivity index (χ1) is 11.7. The Morgan fingerprint density at radius 1 is 1.29 bits per heavy atom. The molecule has 2 amide bonds. The van der Waals surface area contributed by atoms with Crippen LogP contribution in [0, 0.1) is 5.92 Å². The number of hydrogen-bond acceptors (Lipinski definition) is 4. The summed E-state index contributed by atoms with van der Waals surface area (Å²) >= 11 is 0. The molecule has 0 unspecified atom stereocenters. The molecule has 2 heterocycles. The van der Waals surface area contributed by atoms with Gasteiger partial charge in [0.25, 0.3) is 0 Å². The summed E-state index contributed by atoms with van der Waals surface area (Å²) in [5.41, 5.74) is 0.948. The van der Waals surface area contributed by atoms with Crippen molar-refractivity contribution in [2.45, 2.75) is 31.8 Å². The van der Waals surface area contributed by atoms with Crippen molar-refractivity contribution >= 4 is 11.8 Å². The first kappa shape index (κ1) is 14.9. The molecule has 1 N–H and O–H groups in total. The maximum atomic E-state index is 12.3. The minimum absolute atomic E-state index is 0.0973. The Bertz CT molecular complexity index is 752. The highest BCUT2D eigenvalue weighted by Crippen LogP contribution is 2.32. The lowest BCUT2D eigenvalue weighted by atomic mass is 10.1. The molecule has 2 fully saturated rings. The van der Waals surface area contributed by atoms with Gasteiger partial charge >= 0.3 is 0 Å². The van der Waals surface area contributed by atoms with Gasteiger partial charge in [0.1, 0.15) is 0 Å². The van der Waals surface area contributed by atoms with Crippen LogP contribution in [-0.4, -0.2) is 34.3 Å². The first-order valence-corrected chi connectivity index (χ1v) is 8.28. The van der Waals surface area contributed by atoms with E-state index in [1.807, 2.05) is 35.2 Å². The number of rotatable bonds is 5. The Labute approximate surface area is 139 Å². The molecule has 124 valence electrons. The van der Waals surface area contributed by atoms with Crippen LogP contribution >= 0.6 is 0 Å². The zero-order valence-electron chi connectivity index (χ0n) is 13.3. The van der Waals surface area contributed by atoms with Gasteiger partial charge in [-0.2, -0.15) is 0 Å². The van der Waals surface area contributed by atoms with Crippen molar-refractivity contribution in [2.75, 3.05) is 6.54 Å². The lowest BCUT2D eigenvalue weighted by Gasteiger charge is -2.15. The standard InChI is InChI=1S/C18H19N3O3/c22-17-8-13(11-21(17)14-6-7-14)18(23)20-10-16-19-9-15(24-16)12-4-2-1-3-5-12/h1-5,9,13-14H,6-8,10-11H2,(H,20,23)/t13-/m1/s1. The van der Waals surface area contributed by atoms with E-state index < -0.39 is 0 Å². The fraction of sp³-hybridized carbons (Fsp3) is 0.389. The molecule has 0 spiro atoms. The van der Waals surface area contributed by atoms with Crippen molar-refractivity contribution in [1.29, 1.82) is 0 Å². The lowest BCUT2D eigenvalue weighted by molar-refractivity contribution is -0.129. The van der Waals surface area contributed by atoms with Crippen LogP contribution in [0.25, 0.3) is 11.3 Å². The van der Waals surface area contributed by atoms with E-state index in [4.69, 9.17) is 4.42 Å². The van der Waals surface area contributed by atoms with Crippen molar-refractivity contribution < 1.29 is 14.0 Å². The third-order valence-electron chi connectivity index (χ3n) is 4.54. The molecule has 1 aromatic carbocycles. The van der Waals surface area contributed by atoms with E-state index >= 15 is 0 Å². The number of carbonyl (C=O) groups is 2. The van der Waals surface area contributed by atoms with Gasteiger partial charge in [-0.15, -0.1) is 0 Å². The zero-order valence-corrected chi connectivity index (χ0v) is 13.3. The molecule has 6 nitrogen and oxygen atoms in total. The zero-order chi connectivity index (χ0) is 16.5. The van der Waals surface area contributed by atoms with Gasteiger partial charge < -0.3 is 14.6 Å². The molecule has 1 saturated heterocycles. The van der Waals surface area contributed by atoms with Gasteiger partial charge in [-0.3, -0.25) is 9.59 Å². The second kappa shape index (κ2) is 6.11. The van der Waals surface area contributed by atoms with Crippen molar-refractivity contribution in [1.82, 2.24) is 15.2 Å². The Hall–Kier alpha value is -2.63. The lowest BCUT2D eigenvalue weighted by Crippen LogP contribution is -2.33. The molecule has 2 aromatic rings. The van der Waals surface area contributed by atoms with Crippen LogP contribution in [0.2, 0.25) is 0 Å². The molecule has 1 saturated carbocycles. The molecule has 1 aliphatic carbocycles. The molecule has 2 aliphatic rings. The molecule has 1 aliphatic heterocycles. The van der Waals surface area contributed by atoms with E-state index in [-0.39, 0.29) is 24.3 Å². The molecule has 6 heteroatoms. The number of nitrogens with one attached hydrogen (secondary N) is 1. The van der Waals surface area contributed by atoms with Gasteiger partial charge in [-0.1, -0.05) is 30.3 Å². The number of oxazole rings is 1. The highest BCUT2D eigenvalue weighted by molar-refractivity contribution is 5.89. The maximum absolute atomic E-state index is 12.3. The summed E-state index contributed by atoms with van der Waals surface area (Å²) < 4.78 is 5.67. The summed E-state index contributed by atoms with van der Waals surface area (Å²) in [5, 5.41) is 2.83. The van der Waals surface area contributed by atoms with Gasteiger partial charge in [0.15, 0.2) is 5.76 Å². The summed E-state index contributed by atoms with van der Waals surface area (Å²) in [6.45, 7) is 0.774. The van der Waals surface area contributed by atoms with Crippen molar-refractivity contribution in [3.63, 3.8) is 0 Å². The number of carbonyl (C=O) groups excluding carboxylic acids is 2. The summed E-state index contributed by atoms with van der Waals surface area (Å²) in [5.74, 6) is 0.870. The van der Waals surface area contributed by atoms with E-state index in [1.54, 1.807) is 6.20 Å². The third kappa shape index (κ3) is 3.04. The molecule has 1 atom stereocenters. The van der Waals surface area contributed by atoms with E-state index in [1.165, 1.54) is 0 Å². The van der Waals surface area contributed by atoms with E-state index in [0.717, 1.165) is 18.4 Å². The second-order valence-corrected chi connectivity index (χ2v) is 6.38. The Balaban J connectivity index is 1.33. The van der Waals surface area contributed by atoms with E-state index in [9.17, 15) is 9.59 Å². The van der Waals surface area contributed by atoms with Crippen LogP contribution in [0.4, 0.5) is 0 Å². The molecular weight excluding hydrogens is 306 g/mol. The van der Waals surface area contributed by atoms with Gasteiger partial charge in [0.2, 0.25) is 17.7 Å². The summed E-state index contributed by atoms with van der Waals surface area (Å²) in [6.07, 6.45) is 4.10. The fourth-order valence-electron chi connectivity index (χ4n) is 3.08. The maximum Gasteiger partial charge on any atom is 0.225 e. The Kier molecular flexibility index (Phi) is 3.80. The van der Waals surface area contributed by atoms with Gasteiger partial charge in [0, 0.05) is 24.6 Å². The molecule has 24 heavy (non-hydrogen) atoms. The van der Waals surface area contributed by atoms with E-state index in [0.29, 0.717) is 30.7 Å². The molecule has 0 bridgehead atoms. The highest BCUT2D eigenvalue weighted by atomic mass is 16.4. The van der Waals surface area contributed by atoms with Crippen LogP contribution in [0.3, 0.4) is 0 Å². The van der Waals surface area contributed by atoms with Gasteiger partial charge in [-0.05, 0) is 12.8 Å². The molecular formula is C18H19N3O3. The normalized spacial score (nSPS) is 20.4. The molecule has 0 radical (unpaired) electrons. The van der Waals surface area contributed by atoms with Crippen LogP contribution in [0.15, 0.2) is 40.9 Å². The summed E-state index contributed by atoms with van der Waals surface area (Å²) in [6, 6.07) is 10.1. The van der Waals surface area contributed by atoms with E-state index in [2.05, 4.69) is 10.3 Å². The van der Waals surface area contributed by atoms with Gasteiger partial charge in [0.05, 0.1) is 18.7 Å². The highest BCUT2D eigenvalue weighted by Gasteiger charge is 2.41. The SMILES string of the molecule is O=C(NCc1ncc(-c2ccccc2)o1)[C@@H]1CC(=O)N(C2CC2)C1. The first-order valence-electron chi connectivity index (χ1n) is 8.28. The Morgan fingerprint density at radius 3 is 2.83 bits per heavy atom. The summed E-state index contributed by atoms with van der Waals surface area (Å²) in [4.78, 5) is 30.2. The Morgan fingerprint density at radius 2 is 2.08 bits per heavy atom. The number of aromatic nitrogens is 1. The topological polar surface area (TPSA) is 75.4 Å². The summed E-state index contributed by atoms with van der Waals surface area (Å²) in [7, 11) is 0. The quantitative estimate of drug-likeness (QED) is 0.912.